The number of nitrogens with one attached hydrogen (secondary N) is 2. The second-order valence-electron chi connectivity index (χ2n) is 4.48. The summed E-state index contributed by atoms with van der Waals surface area (Å²) in [4.78, 5) is 33.9. The van der Waals surface area contributed by atoms with E-state index in [0.29, 0.717) is 19.6 Å². The monoisotopic (exact) mass is 288 g/mol. The first-order chi connectivity index (χ1) is 9.50. The third kappa shape index (κ3) is 4.69. The van der Waals surface area contributed by atoms with Gasteiger partial charge in [0.2, 0.25) is 0 Å². The van der Waals surface area contributed by atoms with Gasteiger partial charge in [0, 0.05) is 26.0 Å². The summed E-state index contributed by atoms with van der Waals surface area (Å²) in [5.74, 6) is -1.43. The van der Waals surface area contributed by atoms with E-state index in [0.717, 1.165) is 0 Å². The zero-order chi connectivity index (χ0) is 15.0. The topological polar surface area (TPSA) is 114 Å². The van der Waals surface area contributed by atoms with Crippen LogP contribution in [0.25, 0.3) is 0 Å². The Kier molecular flexibility index (Phi) is 6.23. The van der Waals surface area contributed by atoms with Crippen LogP contribution in [-0.4, -0.2) is 55.0 Å². The minimum Gasteiger partial charge on any atom is -0.479 e. The summed E-state index contributed by atoms with van der Waals surface area (Å²) in [6.45, 7) is 2.57. The van der Waals surface area contributed by atoms with E-state index in [1.807, 2.05) is 0 Å². The van der Waals surface area contributed by atoms with Gasteiger partial charge in [-0.3, -0.25) is 4.79 Å². The summed E-state index contributed by atoms with van der Waals surface area (Å²) in [7, 11) is 0. The fraction of sp³-hybridized carbons (Fsp3) is 0.750. The van der Waals surface area contributed by atoms with Crippen LogP contribution < -0.4 is 10.6 Å². The SMILES string of the molecule is CCOC(=O)CCCNC(=O)NC1(C(=O)O)CCOC1. The van der Waals surface area contributed by atoms with Gasteiger partial charge in [-0.1, -0.05) is 0 Å². The minimum atomic E-state index is -1.36. The number of esters is 1. The Hall–Kier alpha value is -1.83. The molecule has 0 aromatic heterocycles. The number of hydrogen-bond acceptors (Lipinski definition) is 5. The van der Waals surface area contributed by atoms with Crippen LogP contribution in [0.3, 0.4) is 0 Å². The molecule has 1 atom stereocenters. The highest BCUT2D eigenvalue weighted by Crippen LogP contribution is 2.18. The number of carbonyl (C=O) groups excluding carboxylic acids is 2. The maximum absolute atomic E-state index is 11.6. The quantitative estimate of drug-likeness (QED) is 0.444. The predicted octanol–water partition coefficient (Wildman–Crippen LogP) is -0.127. The highest BCUT2D eigenvalue weighted by molar-refractivity contribution is 5.86. The fourth-order valence-electron chi connectivity index (χ4n) is 1.82. The normalized spacial score (nSPS) is 21.2. The molecule has 0 saturated carbocycles. The van der Waals surface area contributed by atoms with Crippen LogP contribution in [0.5, 0.6) is 0 Å². The molecule has 2 amide bonds. The number of ether oxygens (including phenoxy) is 2. The van der Waals surface area contributed by atoms with Gasteiger partial charge in [0.15, 0.2) is 5.54 Å². The lowest BCUT2D eigenvalue weighted by atomic mass is 9.99. The van der Waals surface area contributed by atoms with Gasteiger partial charge in [0.05, 0.1) is 13.2 Å². The summed E-state index contributed by atoms with van der Waals surface area (Å²) < 4.78 is 9.76. The Morgan fingerprint density at radius 1 is 1.40 bits per heavy atom. The van der Waals surface area contributed by atoms with Crippen LogP contribution in [0, 0.1) is 0 Å². The molecule has 0 aromatic carbocycles. The average Bonchev–Trinajstić information content (AvgIpc) is 2.85. The van der Waals surface area contributed by atoms with Gasteiger partial charge in [0.1, 0.15) is 0 Å². The summed E-state index contributed by atoms with van der Waals surface area (Å²) >= 11 is 0. The molecular formula is C12H20N2O6. The zero-order valence-electron chi connectivity index (χ0n) is 11.4. The molecule has 1 rings (SSSR count). The van der Waals surface area contributed by atoms with Crippen molar-refractivity contribution in [3.05, 3.63) is 0 Å². The van der Waals surface area contributed by atoms with Crippen LogP contribution in [-0.2, 0) is 19.1 Å². The van der Waals surface area contributed by atoms with Gasteiger partial charge in [0.25, 0.3) is 0 Å². The molecular weight excluding hydrogens is 268 g/mol. The molecule has 0 bridgehead atoms. The van der Waals surface area contributed by atoms with Crippen molar-refractivity contribution in [1.82, 2.24) is 10.6 Å². The van der Waals surface area contributed by atoms with Gasteiger partial charge < -0.3 is 25.2 Å². The largest absolute Gasteiger partial charge is 0.479 e. The standard InChI is InChI=1S/C12H20N2O6/c1-2-20-9(15)4-3-6-13-11(18)14-12(10(16)17)5-7-19-8-12/h2-8H2,1H3,(H,16,17)(H2,13,14,18). The van der Waals surface area contributed by atoms with Gasteiger partial charge >= 0.3 is 18.0 Å². The van der Waals surface area contributed by atoms with Gasteiger partial charge in [-0.05, 0) is 13.3 Å². The van der Waals surface area contributed by atoms with Crippen LogP contribution in [0.1, 0.15) is 26.2 Å². The van der Waals surface area contributed by atoms with Crippen molar-refractivity contribution in [2.75, 3.05) is 26.4 Å². The van der Waals surface area contributed by atoms with Crippen molar-refractivity contribution < 1.29 is 29.0 Å². The molecule has 1 aliphatic rings. The molecule has 1 fully saturated rings. The molecule has 0 spiro atoms. The summed E-state index contributed by atoms with van der Waals surface area (Å²) in [6, 6.07) is -0.582. The molecule has 0 aromatic rings. The van der Waals surface area contributed by atoms with E-state index in [4.69, 9.17) is 14.6 Å². The maximum Gasteiger partial charge on any atom is 0.332 e. The van der Waals surface area contributed by atoms with Crippen molar-refractivity contribution in [2.24, 2.45) is 0 Å². The Morgan fingerprint density at radius 3 is 2.70 bits per heavy atom. The van der Waals surface area contributed by atoms with E-state index in [2.05, 4.69) is 10.6 Å². The van der Waals surface area contributed by atoms with E-state index >= 15 is 0 Å². The van der Waals surface area contributed by atoms with E-state index in [9.17, 15) is 14.4 Å². The molecule has 1 aliphatic heterocycles. The molecule has 0 aliphatic carbocycles. The summed E-state index contributed by atoms with van der Waals surface area (Å²) in [5, 5.41) is 14.1. The number of amides is 2. The number of carbonyl (C=O) groups is 3. The number of aliphatic carboxylic acids is 1. The first-order valence-electron chi connectivity index (χ1n) is 6.53. The predicted molar refractivity (Wildman–Crippen MR) is 68.2 cm³/mol. The van der Waals surface area contributed by atoms with Crippen LogP contribution >= 0.6 is 0 Å². The summed E-state index contributed by atoms with van der Waals surface area (Å²) in [5.41, 5.74) is -1.36. The van der Waals surface area contributed by atoms with Crippen molar-refractivity contribution >= 4 is 18.0 Å². The smallest absolute Gasteiger partial charge is 0.332 e. The highest BCUT2D eigenvalue weighted by Gasteiger charge is 2.43. The Bertz CT molecular complexity index is 365. The Labute approximate surface area is 116 Å². The zero-order valence-corrected chi connectivity index (χ0v) is 11.4. The van der Waals surface area contributed by atoms with Crippen molar-refractivity contribution in [1.29, 1.82) is 0 Å². The van der Waals surface area contributed by atoms with Crippen LogP contribution in [0.2, 0.25) is 0 Å². The van der Waals surface area contributed by atoms with Crippen molar-refractivity contribution in [3.63, 3.8) is 0 Å². The number of rotatable bonds is 7. The van der Waals surface area contributed by atoms with Gasteiger partial charge in [-0.25, -0.2) is 9.59 Å². The number of carboxylic acid groups (broad SMARTS) is 1. The fourth-order valence-corrected chi connectivity index (χ4v) is 1.82. The van der Waals surface area contributed by atoms with Crippen LogP contribution in [0.4, 0.5) is 4.79 Å². The lowest BCUT2D eigenvalue weighted by Gasteiger charge is -2.23. The first-order valence-corrected chi connectivity index (χ1v) is 6.53. The highest BCUT2D eigenvalue weighted by atomic mass is 16.5. The van der Waals surface area contributed by atoms with E-state index in [-0.39, 0.29) is 32.0 Å². The third-order valence-electron chi connectivity index (χ3n) is 2.93. The van der Waals surface area contributed by atoms with E-state index in [1.165, 1.54) is 0 Å². The number of hydrogen-bond donors (Lipinski definition) is 3. The molecule has 3 N–H and O–H groups in total. The lowest BCUT2D eigenvalue weighted by Crippen LogP contribution is -2.57. The van der Waals surface area contributed by atoms with Crippen molar-refractivity contribution in [3.8, 4) is 0 Å². The molecule has 8 nitrogen and oxygen atoms in total. The third-order valence-corrected chi connectivity index (χ3v) is 2.93. The number of carboxylic acids is 1. The number of urea groups is 1. The van der Waals surface area contributed by atoms with Crippen molar-refractivity contribution in [2.45, 2.75) is 31.7 Å². The van der Waals surface area contributed by atoms with Crippen LogP contribution in [0.15, 0.2) is 0 Å². The molecule has 8 heteroatoms. The summed E-state index contributed by atoms with van der Waals surface area (Å²) in [6.07, 6.45) is 0.878. The minimum absolute atomic E-state index is 0.0431. The van der Waals surface area contributed by atoms with E-state index < -0.39 is 17.5 Å². The Morgan fingerprint density at radius 2 is 2.15 bits per heavy atom. The average molecular weight is 288 g/mol. The van der Waals surface area contributed by atoms with Gasteiger partial charge in [-0.15, -0.1) is 0 Å². The second-order valence-corrected chi connectivity index (χ2v) is 4.48. The molecule has 1 unspecified atom stereocenters. The molecule has 0 radical (unpaired) electrons. The maximum atomic E-state index is 11.6. The molecule has 114 valence electrons. The second kappa shape index (κ2) is 7.68. The Balaban J connectivity index is 2.26. The molecule has 20 heavy (non-hydrogen) atoms. The van der Waals surface area contributed by atoms with E-state index in [1.54, 1.807) is 6.92 Å². The molecule has 1 saturated heterocycles. The van der Waals surface area contributed by atoms with Gasteiger partial charge in [-0.2, -0.15) is 0 Å². The molecule has 1 heterocycles. The lowest BCUT2D eigenvalue weighted by molar-refractivity contribution is -0.144. The first kappa shape index (κ1) is 16.2.